The molecule has 0 saturated heterocycles. The third-order valence-corrected chi connectivity index (χ3v) is 3.46. The summed E-state index contributed by atoms with van der Waals surface area (Å²) < 4.78 is 13.2. The van der Waals surface area contributed by atoms with Crippen molar-refractivity contribution in [3.8, 4) is 0 Å². The zero-order chi connectivity index (χ0) is 15.4. The zero-order valence-corrected chi connectivity index (χ0v) is 11.8. The van der Waals surface area contributed by atoms with E-state index in [-0.39, 0.29) is 5.69 Å². The quantitative estimate of drug-likeness (QED) is 0.809. The van der Waals surface area contributed by atoms with E-state index in [4.69, 9.17) is 5.11 Å². The molecule has 6 nitrogen and oxygen atoms in total. The molecule has 0 unspecified atom stereocenters. The van der Waals surface area contributed by atoms with Crippen molar-refractivity contribution in [2.24, 2.45) is 0 Å². The number of benzene rings is 1. The molecule has 2 amide bonds. The smallest absolute Gasteiger partial charge is 0.338 e. The number of aromatic nitrogens is 1. The molecule has 3 N–H and O–H groups in total. The molecule has 2 aromatic rings. The number of carbonyl (C=O) groups excluding carboxylic acids is 1. The van der Waals surface area contributed by atoms with Crippen LogP contribution in [0.1, 0.15) is 20.2 Å². The summed E-state index contributed by atoms with van der Waals surface area (Å²) in [6.07, 6.45) is 1.67. The van der Waals surface area contributed by atoms with E-state index in [1.807, 2.05) is 6.92 Å². The van der Waals surface area contributed by atoms with Gasteiger partial charge in [0.15, 0.2) is 0 Å². The van der Waals surface area contributed by atoms with Crippen LogP contribution in [0.15, 0.2) is 24.4 Å². The van der Waals surface area contributed by atoms with Gasteiger partial charge >= 0.3 is 12.0 Å². The number of aryl methyl sites for hydroxylation is 1. The summed E-state index contributed by atoms with van der Waals surface area (Å²) in [4.78, 5) is 27.4. The average Bonchev–Trinajstić information content (AvgIpc) is 2.84. The largest absolute Gasteiger partial charge is 0.478 e. The number of halogens is 1. The molecule has 8 heteroatoms. The van der Waals surface area contributed by atoms with Crippen LogP contribution in [0, 0.1) is 12.7 Å². The standard InChI is InChI=1S/C13H12FN3O3S/c1-7-15-5-9(21-7)6-16-13(20)17-8-2-3-11(14)10(4-8)12(18)19/h2-5H,6H2,1H3,(H,18,19)(H2,16,17,20). The van der Waals surface area contributed by atoms with Crippen LogP contribution in [0.3, 0.4) is 0 Å². The van der Waals surface area contributed by atoms with E-state index < -0.39 is 23.4 Å². The number of hydrogen-bond donors (Lipinski definition) is 3. The summed E-state index contributed by atoms with van der Waals surface area (Å²) in [7, 11) is 0. The van der Waals surface area contributed by atoms with E-state index in [1.165, 1.54) is 17.4 Å². The summed E-state index contributed by atoms with van der Waals surface area (Å²) in [5.41, 5.74) is -0.294. The Balaban J connectivity index is 1.96. The number of amides is 2. The van der Waals surface area contributed by atoms with Gasteiger partial charge in [-0.2, -0.15) is 0 Å². The van der Waals surface area contributed by atoms with Gasteiger partial charge in [0.25, 0.3) is 0 Å². The van der Waals surface area contributed by atoms with Crippen molar-refractivity contribution in [1.82, 2.24) is 10.3 Å². The lowest BCUT2D eigenvalue weighted by atomic mass is 10.2. The SMILES string of the molecule is Cc1ncc(CNC(=O)Nc2ccc(F)c(C(=O)O)c2)s1. The number of aromatic carboxylic acids is 1. The van der Waals surface area contributed by atoms with E-state index in [0.29, 0.717) is 6.54 Å². The molecule has 0 aliphatic carbocycles. The van der Waals surface area contributed by atoms with Crippen LogP contribution < -0.4 is 10.6 Å². The zero-order valence-electron chi connectivity index (χ0n) is 11.0. The van der Waals surface area contributed by atoms with E-state index in [2.05, 4.69) is 15.6 Å². The number of urea groups is 1. The molecule has 2 rings (SSSR count). The Hall–Kier alpha value is -2.48. The second-order valence-corrected chi connectivity index (χ2v) is 5.47. The molecule has 0 fully saturated rings. The summed E-state index contributed by atoms with van der Waals surface area (Å²) in [6.45, 7) is 2.17. The summed E-state index contributed by atoms with van der Waals surface area (Å²) in [5.74, 6) is -2.25. The minimum atomic E-state index is -1.39. The molecule has 110 valence electrons. The minimum absolute atomic E-state index is 0.201. The Labute approximate surface area is 123 Å². The van der Waals surface area contributed by atoms with Crippen LogP contribution in [0.5, 0.6) is 0 Å². The molecule has 0 spiro atoms. The van der Waals surface area contributed by atoms with E-state index in [1.54, 1.807) is 6.20 Å². The Morgan fingerprint density at radius 2 is 2.19 bits per heavy atom. The molecule has 0 atom stereocenters. The number of nitrogens with zero attached hydrogens (tertiary/aromatic N) is 1. The molecule has 0 bridgehead atoms. The van der Waals surface area contributed by atoms with E-state index >= 15 is 0 Å². The maximum absolute atomic E-state index is 13.2. The fourth-order valence-electron chi connectivity index (χ4n) is 1.60. The van der Waals surface area contributed by atoms with Gasteiger partial charge in [0.2, 0.25) is 0 Å². The molecule has 0 radical (unpaired) electrons. The normalized spacial score (nSPS) is 10.2. The van der Waals surface area contributed by atoms with Gasteiger partial charge in [-0.25, -0.2) is 19.0 Å². The maximum Gasteiger partial charge on any atom is 0.338 e. The van der Waals surface area contributed by atoms with Crippen molar-refractivity contribution in [3.63, 3.8) is 0 Å². The molecule has 1 aromatic carbocycles. The first-order valence-corrected chi connectivity index (χ1v) is 6.76. The van der Waals surface area contributed by atoms with Crippen LogP contribution in [-0.4, -0.2) is 22.1 Å². The number of hydrogen-bond acceptors (Lipinski definition) is 4. The monoisotopic (exact) mass is 309 g/mol. The highest BCUT2D eigenvalue weighted by Gasteiger charge is 2.12. The lowest BCUT2D eigenvalue weighted by Crippen LogP contribution is -2.28. The number of anilines is 1. The number of thiazole rings is 1. The van der Waals surface area contributed by atoms with Crippen molar-refractivity contribution < 1.29 is 19.1 Å². The van der Waals surface area contributed by atoms with Crippen LogP contribution in [0.2, 0.25) is 0 Å². The molecule has 1 aromatic heterocycles. The van der Waals surface area contributed by atoms with E-state index in [9.17, 15) is 14.0 Å². The summed E-state index contributed by atoms with van der Waals surface area (Å²) >= 11 is 1.46. The number of carboxylic acids is 1. The van der Waals surface area contributed by atoms with Gasteiger partial charge < -0.3 is 15.7 Å². The number of carboxylic acid groups (broad SMARTS) is 1. The summed E-state index contributed by atoms with van der Waals surface area (Å²) in [5, 5.41) is 14.8. The van der Waals surface area contributed by atoms with Crippen LogP contribution in [-0.2, 0) is 6.54 Å². The second kappa shape index (κ2) is 6.31. The Morgan fingerprint density at radius 3 is 2.81 bits per heavy atom. The molecule has 0 saturated carbocycles. The molecule has 21 heavy (non-hydrogen) atoms. The van der Waals surface area contributed by atoms with Crippen LogP contribution in [0.4, 0.5) is 14.9 Å². The Morgan fingerprint density at radius 1 is 1.43 bits per heavy atom. The molecular weight excluding hydrogens is 297 g/mol. The first kappa shape index (κ1) is 14.9. The highest BCUT2D eigenvalue weighted by Crippen LogP contribution is 2.15. The van der Waals surface area contributed by atoms with Gasteiger partial charge in [-0.3, -0.25) is 0 Å². The van der Waals surface area contributed by atoms with Crippen molar-refractivity contribution in [1.29, 1.82) is 0 Å². The first-order valence-electron chi connectivity index (χ1n) is 5.94. The molecule has 0 aliphatic heterocycles. The number of rotatable bonds is 4. The van der Waals surface area contributed by atoms with Crippen LogP contribution in [0.25, 0.3) is 0 Å². The fourth-order valence-corrected chi connectivity index (χ4v) is 2.33. The topological polar surface area (TPSA) is 91.3 Å². The van der Waals surface area contributed by atoms with Gasteiger partial charge in [-0.05, 0) is 25.1 Å². The van der Waals surface area contributed by atoms with Crippen molar-refractivity contribution in [3.05, 3.63) is 45.7 Å². The minimum Gasteiger partial charge on any atom is -0.478 e. The van der Waals surface area contributed by atoms with Gasteiger partial charge in [-0.15, -0.1) is 11.3 Å². The predicted molar refractivity (Wildman–Crippen MR) is 76.1 cm³/mol. The maximum atomic E-state index is 13.2. The van der Waals surface area contributed by atoms with E-state index in [0.717, 1.165) is 22.0 Å². The molecular formula is C13H12FN3O3S. The van der Waals surface area contributed by atoms with Gasteiger partial charge in [-0.1, -0.05) is 0 Å². The molecule has 0 aliphatic rings. The fraction of sp³-hybridized carbons (Fsp3) is 0.154. The first-order chi connectivity index (χ1) is 9.95. The van der Waals surface area contributed by atoms with Crippen molar-refractivity contribution in [2.45, 2.75) is 13.5 Å². The lowest BCUT2D eigenvalue weighted by molar-refractivity contribution is 0.0692. The van der Waals surface area contributed by atoms with Gasteiger partial charge in [0.1, 0.15) is 5.82 Å². The second-order valence-electron chi connectivity index (χ2n) is 4.15. The van der Waals surface area contributed by atoms with Gasteiger partial charge in [0, 0.05) is 16.8 Å². The van der Waals surface area contributed by atoms with Crippen molar-refractivity contribution >= 4 is 29.0 Å². The average molecular weight is 309 g/mol. The molecule has 1 heterocycles. The van der Waals surface area contributed by atoms with Crippen molar-refractivity contribution in [2.75, 3.05) is 5.32 Å². The Kier molecular flexibility index (Phi) is 4.49. The lowest BCUT2D eigenvalue weighted by Gasteiger charge is -2.07. The third kappa shape index (κ3) is 3.99. The number of nitrogens with one attached hydrogen (secondary N) is 2. The summed E-state index contributed by atoms with van der Waals surface area (Å²) in [6, 6.07) is 2.83. The van der Waals surface area contributed by atoms with Crippen LogP contribution >= 0.6 is 11.3 Å². The number of carbonyl (C=O) groups is 2. The third-order valence-electron chi connectivity index (χ3n) is 2.55. The highest BCUT2D eigenvalue weighted by molar-refractivity contribution is 7.11. The van der Waals surface area contributed by atoms with Gasteiger partial charge in [0.05, 0.1) is 17.1 Å². The highest BCUT2D eigenvalue weighted by atomic mass is 32.1. The predicted octanol–water partition coefficient (Wildman–Crippen LogP) is 2.61. The Bertz CT molecular complexity index is 687.